The second kappa shape index (κ2) is 8.25. The van der Waals surface area contributed by atoms with Gasteiger partial charge in [0.2, 0.25) is 0 Å². The van der Waals surface area contributed by atoms with Gasteiger partial charge in [-0.15, -0.1) is 11.3 Å². The molecule has 1 aromatic heterocycles. The lowest BCUT2D eigenvalue weighted by Crippen LogP contribution is -2.46. The molecule has 0 radical (unpaired) electrons. The number of nitrogens with one attached hydrogen (secondary N) is 1. The normalized spacial score (nSPS) is 13.2. The van der Waals surface area contributed by atoms with E-state index >= 15 is 0 Å². The zero-order chi connectivity index (χ0) is 18.4. The summed E-state index contributed by atoms with van der Waals surface area (Å²) in [6, 6.07) is 9.06. The van der Waals surface area contributed by atoms with Crippen LogP contribution in [-0.4, -0.2) is 28.5 Å². The summed E-state index contributed by atoms with van der Waals surface area (Å²) < 4.78 is 0. The fraction of sp³-hybridized carbons (Fsp3) is 0.421. The zero-order valence-corrected chi connectivity index (χ0v) is 15.7. The summed E-state index contributed by atoms with van der Waals surface area (Å²) in [5, 5.41) is 13.6. The van der Waals surface area contributed by atoms with Crippen molar-refractivity contribution in [2.45, 2.75) is 45.4 Å². The largest absolute Gasteiger partial charge is 0.481 e. The summed E-state index contributed by atoms with van der Waals surface area (Å²) in [5.41, 5.74) is 0.253. The Bertz CT molecular complexity index is 742. The molecule has 0 saturated carbocycles. The summed E-state index contributed by atoms with van der Waals surface area (Å²) >= 11 is 1.38. The molecule has 1 atom stereocenters. The highest BCUT2D eigenvalue weighted by Crippen LogP contribution is 2.28. The smallest absolute Gasteiger partial charge is 0.315 e. The van der Waals surface area contributed by atoms with Crippen molar-refractivity contribution in [1.82, 2.24) is 10.3 Å². The third-order valence-electron chi connectivity index (χ3n) is 4.40. The van der Waals surface area contributed by atoms with E-state index in [9.17, 15) is 14.7 Å². The molecule has 25 heavy (non-hydrogen) atoms. The first-order valence-corrected chi connectivity index (χ1v) is 9.29. The summed E-state index contributed by atoms with van der Waals surface area (Å²) in [4.78, 5) is 29.5. The van der Waals surface area contributed by atoms with Crippen molar-refractivity contribution in [2.75, 3.05) is 6.54 Å². The van der Waals surface area contributed by atoms with Crippen molar-refractivity contribution in [1.29, 1.82) is 0 Å². The number of carboxylic acids is 1. The van der Waals surface area contributed by atoms with Crippen LogP contribution < -0.4 is 5.32 Å². The van der Waals surface area contributed by atoms with E-state index in [0.29, 0.717) is 22.6 Å². The predicted molar refractivity (Wildman–Crippen MR) is 99.2 cm³/mol. The number of amides is 1. The van der Waals surface area contributed by atoms with Crippen molar-refractivity contribution in [2.24, 2.45) is 0 Å². The van der Waals surface area contributed by atoms with Crippen LogP contribution in [0.3, 0.4) is 0 Å². The number of nitrogens with zero attached hydrogens (tertiary/aromatic N) is 1. The minimum atomic E-state index is -1.14. The Morgan fingerprint density at radius 1 is 1.24 bits per heavy atom. The summed E-state index contributed by atoms with van der Waals surface area (Å²) in [7, 11) is 0. The van der Waals surface area contributed by atoms with Crippen LogP contribution in [0.15, 0.2) is 30.3 Å². The lowest BCUT2D eigenvalue weighted by atomic mass is 9.78. The number of hydrogen-bond acceptors (Lipinski definition) is 4. The maximum absolute atomic E-state index is 12.6. The van der Waals surface area contributed by atoms with Gasteiger partial charge in [-0.25, -0.2) is 4.98 Å². The van der Waals surface area contributed by atoms with Crippen LogP contribution in [0.5, 0.6) is 0 Å². The minimum Gasteiger partial charge on any atom is -0.481 e. The third-order valence-corrected chi connectivity index (χ3v) is 5.62. The van der Waals surface area contributed by atoms with Gasteiger partial charge in [0.05, 0.1) is 10.7 Å². The van der Waals surface area contributed by atoms with Gasteiger partial charge >= 0.3 is 5.97 Å². The number of carbonyl (C=O) groups excluding carboxylic acids is 1. The number of carboxylic acid groups (broad SMARTS) is 1. The maximum atomic E-state index is 12.6. The number of hydrogen-bond donors (Lipinski definition) is 2. The Morgan fingerprint density at radius 3 is 2.48 bits per heavy atom. The van der Waals surface area contributed by atoms with E-state index in [1.165, 1.54) is 11.3 Å². The third kappa shape index (κ3) is 4.07. The van der Waals surface area contributed by atoms with E-state index in [-0.39, 0.29) is 12.5 Å². The molecule has 1 amide bonds. The van der Waals surface area contributed by atoms with E-state index in [1.807, 2.05) is 32.0 Å². The minimum absolute atomic E-state index is 0.0438. The number of carbonyl (C=O) groups is 2. The average molecular weight is 360 g/mol. The molecule has 1 heterocycles. The molecular weight excluding hydrogens is 336 g/mol. The highest BCUT2D eigenvalue weighted by atomic mass is 32.1. The van der Waals surface area contributed by atoms with Crippen LogP contribution >= 0.6 is 11.3 Å². The average Bonchev–Trinajstić information content (AvgIpc) is 2.97. The predicted octanol–water partition coefficient (Wildman–Crippen LogP) is 3.57. The molecule has 0 aliphatic heterocycles. The van der Waals surface area contributed by atoms with Gasteiger partial charge in [0.1, 0.15) is 10.3 Å². The van der Waals surface area contributed by atoms with E-state index in [4.69, 9.17) is 0 Å². The molecule has 0 aliphatic carbocycles. The van der Waals surface area contributed by atoms with Crippen molar-refractivity contribution < 1.29 is 14.7 Å². The zero-order valence-electron chi connectivity index (χ0n) is 14.8. The lowest BCUT2D eigenvalue weighted by Gasteiger charge is -2.29. The highest BCUT2D eigenvalue weighted by Gasteiger charge is 2.39. The van der Waals surface area contributed by atoms with Crippen LogP contribution in [0.2, 0.25) is 0 Å². The van der Waals surface area contributed by atoms with E-state index in [0.717, 1.165) is 17.8 Å². The number of aryl methyl sites for hydroxylation is 2. The number of aliphatic carboxylic acids is 1. The Labute approximate surface area is 152 Å². The van der Waals surface area contributed by atoms with Gasteiger partial charge in [0.25, 0.3) is 5.91 Å². The van der Waals surface area contributed by atoms with Crippen LogP contribution in [0.1, 0.15) is 52.6 Å². The van der Waals surface area contributed by atoms with Crippen molar-refractivity contribution in [3.8, 4) is 0 Å². The summed E-state index contributed by atoms with van der Waals surface area (Å²) in [6.45, 7) is 5.75. The second-order valence-electron chi connectivity index (χ2n) is 6.06. The molecule has 1 unspecified atom stereocenters. The molecular formula is C19H24N2O3S. The Kier molecular flexibility index (Phi) is 6.31. The van der Waals surface area contributed by atoms with Crippen molar-refractivity contribution in [3.63, 3.8) is 0 Å². The number of rotatable bonds is 8. The Balaban J connectivity index is 2.21. The number of benzene rings is 1. The second-order valence-corrected chi connectivity index (χ2v) is 7.15. The SMILES string of the molecule is CCCc1nc(C)c(C(=O)NCC(CC)(C(=O)O)c2ccccc2)s1. The fourth-order valence-corrected chi connectivity index (χ4v) is 3.92. The highest BCUT2D eigenvalue weighted by molar-refractivity contribution is 7.13. The number of aromatic nitrogens is 1. The van der Waals surface area contributed by atoms with Crippen molar-refractivity contribution >= 4 is 23.2 Å². The first-order valence-electron chi connectivity index (χ1n) is 8.48. The van der Waals surface area contributed by atoms with Crippen LogP contribution in [0, 0.1) is 6.92 Å². The van der Waals surface area contributed by atoms with Gasteiger partial charge < -0.3 is 10.4 Å². The first kappa shape index (κ1) is 19.1. The lowest BCUT2D eigenvalue weighted by molar-refractivity contribution is -0.143. The maximum Gasteiger partial charge on any atom is 0.315 e. The molecule has 5 nitrogen and oxygen atoms in total. The monoisotopic (exact) mass is 360 g/mol. The fourth-order valence-electron chi connectivity index (χ4n) is 2.83. The summed E-state index contributed by atoms with van der Waals surface area (Å²) in [5.74, 6) is -1.19. The first-order chi connectivity index (χ1) is 11.9. The van der Waals surface area contributed by atoms with Crippen LogP contribution in [-0.2, 0) is 16.6 Å². The molecule has 2 N–H and O–H groups in total. The van der Waals surface area contributed by atoms with Gasteiger partial charge in [-0.2, -0.15) is 0 Å². The van der Waals surface area contributed by atoms with Crippen LogP contribution in [0.4, 0.5) is 0 Å². The molecule has 6 heteroatoms. The molecule has 0 fully saturated rings. The number of thiazole rings is 1. The Morgan fingerprint density at radius 2 is 1.92 bits per heavy atom. The molecule has 0 spiro atoms. The molecule has 2 aromatic rings. The molecule has 0 bridgehead atoms. The van der Waals surface area contributed by atoms with E-state index in [1.54, 1.807) is 12.1 Å². The van der Waals surface area contributed by atoms with Gasteiger partial charge in [-0.05, 0) is 31.7 Å². The molecule has 2 rings (SSSR count). The molecule has 0 aliphatic rings. The van der Waals surface area contributed by atoms with Gasteiger partial charge in [0.15, 0.2) is 0 Å². The van der Waals surface area contributed by atoms with Crippen LogP contribution in [0.25, 0.3) is 0 Å². The molecule has 1 aromatic carbocycles. The van der Waals surface area contributed by atoms with E-state index < -0.39 is 11.4 Å². The van der Waals surface area contributed by atoms with E-state index in [2.05, 4.69) is 17.2 Å². The Hall–Kier alpha value is -2.21. The molecule has 0 saturated heterocycles. The standard InChI is InChI=1S/C19H24N2O3S/c1-4-9-15-21-13(3)16(25-15)17(22)20-12-19(5-2,18(23)24)14-10-7-6-8-11-14/h6-8,10-11H,4-5,9,12H2,1-3H3,(H,20,22)(H,23,24). The van der Waals surface area contributed by atoms with Crippen molar-refractivity contribution in [3.05, 3.63) is 51.5 Å². The van der Waals surface area contributed by atoms with Gasteiger partial charge in [-0.1, -0.05) is 44.2 Å². The molecule has 134 valence electrons. The topological polar surface area (TPSA) is 79.3 Å². The quantitative estimate of drug-likeness (QED) is 0.754. The summed E-state index contributed by atoms with van der Waals surface area (Å²) in [6.07, 6.45) is 2.20. The van der Waals surface area contributed by atoms with Gasteiger partial charge in [0, 0.05) is 6.54 Å². The van der Waals surface area contributed by atoms with Gasteiger partial charge in [-0.3, -0.25) is 9.59 Å².